The Bertz CT molecular complexity index is 1340. The Kier molecular flexibility index (Phi) is 10.2. The number of anilines is 2. The van der Waals surface area contributed by atoms with Gasteiger partial charge in [0.2, 0.25) is 11.8 Å². The van der Waals surface area contributed by atoms with E-state index in [4.69, 9.17) is 14.2 Å². The zero-order valence-electron chi connectivity index (χ0n) is 26.2. The summed E-state index contributed by atoms with van der Waals surface area (Å²) < 4.78 is 17.1. The number of amides is 3. The van der Waals surface area contributed by atoms with Gasteiger partial charge in [0.25, 0.3) is 5.91 Å². The smallest absolute Gasteiger partial charge is 0.255 e. The van der Waals surface area contributed by atoms with Crippen LogP contribution in [-0.4, -0.2) is 113 Å². The summed E-state index contributed by atoms with van der Waals surface area (Å²) in [7, 11) is 1.64. The molecule has 0 bridgehead atoms. The SMILES string of the molecule is COCCOCCOc1c(N2CCN(CC3CCN(c4ccccc4)CC3)CC2)ccc2c1CN(C1CCC(=O)NC1=O)C2=O. The molecular formula is C34H45N5O6. The normalized spacial score (nSPS) is 21.3. The molecular weight excluding hydrogens is 574 g/mol. The highest BCUT2D eigenvalue weighted by atomic mass is 16.5. The van der Waals surface area contributed by atoms with Gasteiger partial charge in [-0.2, -0.15) is 0 Å². The zero-order valence-corrected chi connectivity index (χ0v) is 26.2. The Labute approximate surface area is 265 Å². The summed E-state index contributed by atoms with van der Waals surface area (Å²) in [6.45, 7) is 9.01. The van der Waals surface area contributed by atoms with Gasteiger partial charge in [-0.1, -0.05) is 18.2 Å². The lowest BCUT2D eigenvalue weighted by Crippen LogP contribution is -2.52. The van der Waals surface area contributed by atoms with Gasteiger partial charge in [0.15, 0.2) is 0 Å². The van der Waals surface area contributed by atoms with E-state index in [9.17, 15) is 14.4 Å². The highest BCUT2D eigenvalue weighted by Gasteiger charge is 2.41. The van der Waals surface area contributed by atoms with Crippen LogP contribution in [0.15, 0.2) is 42.5 Å². The third kappa shape index (κ3) is 7.26. The second kappa shape index (κ2) is 14.6. The Hall–Kier alpha value is -3.67. The second-order valence-electron chi connectivity index (χ2n) is 12.3. The lowest BCUT2D eigenvalue weighted by atomic mass is 9.95. The standard InChI is InChI=1S/C34H45N5O6/c1-43-19-20-44-21-22-45-32-28-24-39(30-9-10-31(40)35-33(30)41)34(42)27(28)7-8-29(32)38-17-15-36(16-18-38)23-25-11-13-37(14-12-25)26-5-3-2-4-6-26/h2-8,25,30H,9-24H2,1H3,(H,35,40,41). The van der Waals surface area contributed by atoms with E-state index < -0.39 is 11.9 Å². The molecule has 1 unspecified atom stereocenters. The van der Waals surface area contributed by atoms with Gasteiger partial charge in [-0.15, -0.1) is 0 Å². The average Bonchev–Trinajstić information content (AvgIpc) is 3.40. The van der Waals surface area contributed by atoms with Crippen LogP contribution >= 0.6 is 0 Å². The number of hydrogen-bond acceptors (Lipinski definition) is 9. The highest BCUT2D eigenvalue weighted by molar-refractivity contribution is 6.06. The number of piperidine rings is 2. The van der Waals surface area contributed by atoms with Gasteiger partial charge in [-0.25, -0.2) is 0 Å². The molecule has 0 radical (unpaired) electrons. The van der Waals surface area contributed by atoms with E-state index in [0.29, 0.717) is 50.1 Å². The van der Waals surface area contributed by atoms with Crippen LogP contribution in [0.25, 0.3) is 0 Å². The summed E-state index contributed by atoms with van der Waals surface area (Å²) in [5.74, 6) is 0.487. The summed E-state index contributed by atoms with van der Waals surface area (Å²) in [5.41, 5.74) is 3.64. The molecule has 0 saturated carbocycles. The number of piperazine rings is 1. The number of hydrogen-bond donors (Lipinski definition) is 1. The summed E-state index contributed by atoms with van der Waals surface area (Å²) in [6, 6.07) is 13.9. The number of imide groups is 1. The maximum Gasteiger partial charge on any atom is 0.255 e. The molecule has 11 heteroatoms. The fourth-order valence-electron chi connectivity index (χ4n) is 7.01. The number of ether oxygens (including phenoxy) is 3. The highest BCUT2D eigenvalue weighted by Crippen LogP contribution is 2.41. The maximum absolute atomic E-state index is 13.5. The Morgan fingerprint density at radius 3 is 2.31 bits per heavy atom. The molecule has 3 fully saturated rings. The first-order chi connectivity index (χ1) is 22.0. The molecule has 242 valence electrons. The van der Waals surface area contributed by atoms with E-state index in [1.54, 1.807) is 12.0 Å². The largest absolute Gasteiger partial charge is 0.489 e. The van der Waals surface area contributed by atoms with Crippen molar-refractivity contribution in [3.05, 3.63) is 53.6 Å². The van der Waals surface area contributed by atoms with E-state index in [1.165, 1.54) is 18.5 Å². The fraction of sp³-hybridized carbons (Fsp3) is 0.559. The molecule has 4 aliphatic rings. The van der Waals surface area contributed by atoms with Gasteiger partial charge in [0, 0.05) is 76.2 Å². The maximum atomic E-state index is 13.5. The molecule has 3 saturated heterocycles. The van der Waals surface area contributed by atoms with E-state index in [0.717, 1.165) is 57.1 Å². The molecule has 45 heavy (non-hydrogen) atoms. The quantitative estimate of drug-likeness (QED) is 0.284. The van der Waals surface area contributed by atoms with Crippen molar-refractivity contribution in [1.29, 1.82) is 0 Å². The predicted molar refractivity (Wildman–Crippen MR) is 171 cm³/mol. The van der Waals surface area contributed by atoms with Crippen molar-refractivity contribution in [2.24, 2.45) is 5.92 Å². The fourth-order valence-corrected chi connectivity index (χ4v) is 7.01. The monoisotopic (exact) mass is 619 g/mol. The second-order valence-corrected chi connectivity index (χ2v) is 12.3. The van der Waals surface area contributed by atoms with Crippen LogP contribution in [0, 0.1) is 5.92 Å². The van der Waals surface area contributed by atoms with Gasteiger partial charge in [0.1, 0.15) is 18.4 Å². The van der Waals surface area contributed by atoms with E-state index in [2.05, 4.69) is 50.3 Å². The molecule has 2 aromatic carbocycles. The van der Waals surface area contributed by atoms with Gasteiger partial charge >= 0.3 is 0 Å². The van der Waals surface area contributed by atoms with Crippen molar-refractivity contribution < 1.29 is 28.6 Å². The third-order valence-corrected chi connectivity index (χ3v) is 9.52. The first-order valence-corrected chi connectivity index (χ1v) is 16.3. The third-order valence-electron chi connectivity index (χ3n) is 9.52. The number of para-hydroxylation sites is 1. The molecule has 6 rings (SSSR count). The predicted octanol–water partition coefficient (Wildman–Crippen LogP) is 2.53. The molecule has 2 aromatic rings. The number of benzene rings is 2. The van der Waals surface area contributed by atoms with Crippen LogP contribution < -0.4 is 19.9 Å². The molecule has 0 aromatic heterocycles. The summed E-state index contributed by atoms with van der Waals surface area (Å²) >= 11 is 0. The summed E-state index contributed by atoms with van der Waals surface area (Å²) in [4.78, 5) is 46.9. The summed E-state index contributed by atoms with van der Waals surface area (Å²) in [6.07, 6.45) is 2.97. The van der Waals surface area contributed by atoms with Crippen LogP contribution in [-0.2, 0) is 25.6 Å². The molecule has 0 spiro atoms. The Balaban J connectivity index is 1.09. The topological polar surface area (TPSA) is 104 Å². The van der Waals surface area contributed by atoms with Crippen molar-refractivity contribution in [3.63, 3.8) is 0 Å². The number of methoxy groups -OCH3 is 1. The van der Waals surface area contributed by atoms with E-state index in [-0.39, 0.29) is 24.8 Å². The van der Waals surface area contributed by atoms with Crippen LogP contribution in [0.2, 0.25) is 0 Å². The first kappa shape index (κ1) is 31.3. The number of nitrogens with zero attached hydrogens (tertiary/aromatic N) is 4. The molecule has 4 aliphatic heterocycles. The van der Waals surface area contributed by atoms with Gasteiger partial charge in [-0.05, 0) is 49.4 Å². The van der Waals surface area contributed by atoms with Gasteiger partial charge in [0.05, 0.1) is 32.1 Å². The number of nitrogens with one attached hydrogen (secondary N) is 1. The van der Waals surface area contributed by atoms with Crippen LogP contribution in [0.5, 0.6) is 5.75 Å². The van der Waals surface area contributed by atoms with Gasteiger partial charge < -0.3 is 28.9 Å². The first-order valence-electron chi connectivity index (χ1n) is 16.3. The van der Waals surface area contributed by atoms with Crippen LogP contribution in [0.4, 0.5) is 11.4 Å². The molecule has 4 heterocycles. The minimum atomic E-state index is -0.667. The minimum Gasteiger partial charge on any atom is -0.489 e. The van der Waals surface area contributed by atoms with E-state index >= 15 is 0 Å². The van der Waals surface area contributed by atoms with Crippen LogP contribution in [0.1, 0.15) is 41.6 Å². The Morgan fingerprint density at radius 2 is 1.58 bits per heavy atom. The average molecular weight is 620 g/mol. The van der Waals surface area contributed by atoms with Crippen molar-refractivity contribution in [1.82, 2.24) is 15.1 Å². The lowest BCUT2D eigenvalue weighted by Gasteiger charge is -2.40. The number of rotatable bonds is 12. The number of carbonyl (C=O) groups is 3. The van der Waals surface area contributed by atoms with Crippen molar-refractivity contribution in [3.8, 4) is 5.75 Å². The molecule has 11 nitrogen and oxygen atoms in total. The number of carbonyl (C=O) groups excluding carboxylic acids is 3. The molecule has 1 atom stereocenters. The molecule has 0 aliphatic carbocycles. The molecule has 1 N–H and O–H groups in total. The minimum absolute atomic E-state index is 0.199. The van der Waals surface area contributed by atoms with E-state index in [1.807, 2.05) is 12.1 Å². The number of fused-ring (bicyclic) bond motifs is 1. The van der Waals surface area contributed by atoms with Crippen LogP contribution in [0.3, 0.4) is 0 Å². The Morgan fingerprint density at radius 1 is 0.822 bits per heavy atom. The van der Waals surface area contributed by atoms with Gasteiger partial charge in [-0.3, -0.25) is 24.6 Å². The van der Waals surface area contributed by atoms with Crippen molar-refractivity contribution in [2.75, 3.05) is 89.2 Å². The summed E-state index contributed by atoms with van der Waals surface area (Å²) in [5, 5.41) is 2.39. The zero-order chi connectivity index (χ0) is 31.2. The van der Waals surface area contributed by atoms with Crippen molar-refractivity contribution in [2.45, 2.75) is 38.3 Å². The van der Waals surface area contributed by atoms with Crippen molar-refractivity contribution >= 4 is 29.1 Å². The lowest BCUT2D eigenvalue weighted by molar-refractivity contribution is -0.136. The molecule has 3 amide bonds.